The highest BCUT2D eigenvalue weighted by atomic mass is 16.5. The quantitative estimate of drug-likeness (QED) is 0.523. The predicted molar refractivity (Wildman–Crippen MR) is 127 cm³/mol. The van der Waals surface area contributed by atoms with Crippen LogP contribution in [0.3, 0.4) is 0 Å². The first kappa shape index (κ1) is 23.3. The van der Waals surface area contributed by atoms with Crippen LogP contribution in [-0.2, 0) is 11.2 Å². The Morgan fingerprint density at radius 3 is 2.27 bits per heavy atom. The molecule has 2 aromatic carbocycles. The molecular weight excluding hydrogens is 418 g/mol. The van der Waals surface area contributed by atoms with Gasteiger partial charge in [0, 0.05) is 13.0 Å². The van der Waals surface area contributed by atoms with Crippen LogP contribution in [0.15, 0.2) is 36.4 Å². The highest BCUT2D eigenvalue weighted by molar-refractivity contribution is 5.77. The standard InChI is InChI=1S/C27H35NO5/c1-30-21-9-11-22(12-10-21)33-18-24-23-17-26(32-3)25(31-2)16-20(23)14-15-28(24)27(29)13-8-19-6-4-5-7-19/h9-12,16-17,19,24H,4-8,13-15,18H2,1-3H3/t24-/m0/s1. The van der Waals surface area contributed by atoms with Gasteiger partial charge in [-0.15, -0.1) is 0 Å². The molecule has 2 aromatic rings. The maximum atomic E-state index is 13.3. The molecule has 1 saturated carbocycles. The Hall–Kier alpha value is -2.89. The van der Waals surface area contributed by atoms with Crippen LogP contribution >= 0.6 is 0 Å². The monoisotopic (exact) mass is 453 g/mol. The molecule has 0 aromatic heterocycles. The number of hydrogen-bond donors (Lipinski definition) is 0. The van der Waals surface area contributed by atoms with Gasteiger partial charge in [-0.2, -0.15) is 0 Å². The van der Waals surface area contributed by atoms with Crippen LogP contribution in [0.5, 0.6) is 23.0 Å². The van der Waals surface area contributed by atoms with E-state index in [9.17, 15) is 4.79 Å². The van der Waals surface area contributed by atoms with Gasteiger partial charge in [0.15, 0.2) is 11.5 Å². The number of fused-ring (bicyclic) bond motifs is 1. The van der Waals surface area contributed by atoms with Crippen molar-refractivity contribution in [3.05, 3.63) is 47.5 Å². The average Bonchev–Trinajstić information content (AvgIpc) is 3.38. The summed E-state index contributed by atoms with van der Waals surface area (Å²) in [6, 6.07) is 11.4. The molecule has 1 aliphatic carbocycles. The molecular formula is C27H35NO5. The Balaban J connectivity index is 1.56. The van der Waals surface area contributed by atoms with Crippen LogP contribution in [0.2, 0.25) is 0 Å². The molecule has 4 rings (SSSR count). The molecule has 0 N–H and O–H groups in total. The number of hydrogen-bond acceptors (Lipinski definition) is 5. The van der Waals surface area contributed by atoms with Crippen LogP contribution in [0, 0.1) is 5.92 Å². The Kier molecular flexibility index (Phi) is 7.63. The van der Waals surface area contributed by atoms with E-state index in [2.05, 4.69) is 0 Å². The van der Waals surface area contributed by atoms with Crippen molar-refractivity contribution in [2.75, 3.05) is 34.5 Å². The van der Waals surface area contributed by atoms with E-state index in [4.69, 9.17) is 18.9 Å². The van der Waals surface area contributed by atoms with Gasteiger partial charge in [-0.25, -0.2) is 0 Å². The van der Waals surface area contributed by atoms with Gasteiger partial charge >= 0.3 is 0 Å². The van der Waals surface area contributed by atoms with Gasteiger partial charge in [0.1, 0.15) is 18.1 Å². The second-order valence-electron chi connectivity index (χ2n) is 8.93. The second-order valence-corrected chi connectivity index (χ2v) is 8.93. The summed E-state index contributed by atoms with van der Waals surface area (Å²) in [7, 11) is 4.93. The second kappa shape index (κ2) is 10.8. The average molecular weight is 454 g/mol. The summed E-state index contributed by atoms with van der Waals surface area (Å²) < 4.78 is 22.5. The largest absolute Gasteiger partial charge is 0.497 e. The highest BCUT2D eigenvalue weighted by Crippen LogP contribution is 2.39. The van der Waals surface area contributed by atoms with Crippen molar-refractivity contribution >= 4 is 5.91 Å². The zero-order valence-corrected chi connectivity index (χ0v) is 20.0. The lowest BCUT2D eigenvalue weighted by Crippen LogP contribution is -2.42. The van der Waals surface area contributed by atoms with E-state index in [1.54, 1.807) is 21.3 Å². The lowest BCUT2D eigenvalue weighted by molar-refractivity contribution is -0.135. The van der Waals surface area contributed by atoms with Crippen molar-refractivity contribution in [2.45, 2.75) is 51.0 Å². The van der Waals surface area contributed by atoms with Gasteiger partial charge < -0.3 is 23.8 Å². The van der Waals surface area contributed by atoms with Gasteiger partial charge in [-0.3, -0.25) is 4.79 Å². The van der Waals surface area contributed by atoms with E-state index < -0.39 is 0 Å². The number of nitrogens with zero attached hydrogens (tertiary/aromatic N) is 1. The predicted octanol–water partition coefficient (Wildman–Crippen LogP) is 5.19. The van der Waals surface area contributed by atoms with Crippen molar-refractivity contribution in [3.8, 4) is 23.0 Å². The molecule has 1 fully saturated rings. The smallest absolute Gasteiger partial charge is 0.223 e. The molecule has 2 aliphatic rings. The number of amides is 1. The van der Waals surface area contributed by atoms with Crippen LogP contribution in [0.25, 0.3) is 0 Å². The molecule has 0 bridgehead atoms. The number of carbonyl (C=O) groups excluding carboxylic acids is 1. The summed E-state index contributed by atoms with van der Waals surface area (Å²) in [5, 5.41) is 0. The first-order valence-electron chi connectivity index (χ1n) is 11.9. The Bertz CT molecular complexity index is 936. The topological polar surface area (TPSA) is 57.2 Å². The van der Waals surface area contributed by atoms with Gasteiger partial charge in [0.25, 0.3) is 0 Å². The van der Waals surface area contributed by atoms with Crippen LogP contribution < -0.4 is 18.9 Å². The van der Waals surface area contributed by atoms with E-state index in [1.807, 2.05) is 41.3 Å². The summed E-state index contributed by atoms with van der Waals surface area (Å²) in [6.45, 7) is 1.06. The zero-order valence-electron chi connectivity index (χ0n) is 20.0. The van der Waals surface area contributed by atoms with Crippen molar-refractivity contribution in [2.24, 2.45) is 5.92 Å². The fourth-order valence-corrected chi connectivity index (χ4v) is 5.12. The van der Waals surface area contributed by atoms with Crippen molar-refractivity contribution in [3.63, 3.8) is 0 Å². The SMILES string of the molecule is COc1ccc(OC[C@H]2c3cc(OC)c(OC)cc3CCN2C(=O)CCC2CCCC2)cc1. The van der Waals surface area contributed by atoms with E-state index in [0.717, 1.165) is 29.9 Å². The molecule has 178 valence electrons. The van der Waals surface area contributed by atoms with Crippen LogP contribution in [-0.4, -0.2) is 45.3 Å². The summed E-state index contributed by atoms with van der Waals surface area (Å²) in [6.07, 6.45) is 7.51. The number of methoxy groups -OCH3 is 3. The Morgan fingerprint density at radius 1 is 0.939 bits per heavy atom. The zero-order chi connectivity index (χ0) is 23.2. The first-order chi connectivity index (χ1) is 16.1. The minimum absolute atomic E-state index is 0.174. The minimum atomic E-state index is -0.174. The number of ether oxygens (including phenoxy) is 4. The number of benzene rings is 2. The molecule has 0 saturated heterocycles. The summed E-state index contributed by atoms with van der Waals surface area (Å²) in [5.41, 5.74) is 2.25. The Morgan fingerprint density at radius 2 is 1.61 bits per heavy atom. The maximum absolute atomic E-state index is 13.3. The number of carbonyl (C=O) groups is 1. The summed E-state index contributed by atoms with van der Waals surface area (Å²) >= 11 is 0. The van der Waals surface area contributed by atoms with Gasteiger partial charge in [-0.05, 0) is 66.3 Å². The van der Waals surface area contributed by atoms with Crippen LogP contribution in [0.1, 0.15) is 55.7 Å². The van der Waals surface area contributed by atoms with E-state index >= 15 is 0 Å². The maximum Gasteiger partial charge on any atom is 0.223 e. The van der Waals surface area contributed by atoms with Gasteiger partial charge in [0.05, 0.1) is 27.4 Å². The van der Waals surface area contributed by atoms with Gasteiger partial charge in [-0.1, -0.05) is 25.7 Å². The van der Waals surface area contributed by atoms with Crippen molar-refractivity contribution < 1.29 is 23.7 Å². The highest BCUT2D eigenvalue weighted by Gasteiger charge is 2.33. The summed E-state index contributed by atoms with van der Waals surface area (Å²) in [4.78, 5) is 15.4. The lowest BCUT2D eigenvalue weighted by atomic mass is 9.91. The van der Waals surface area contributed by atoms with Crippen molar-refractivity contribution in [1.82, 2.24) is 4.90 Å². The molecule has 1 aliphatic heterocycles. The van der Waals surface area contributed by atoms with Crippen LogP contribution in [0.4, 0.5) is 0 Å². The van der Waals surface area contributed by atoms with Crippen molar-refractivity contribution in [1.29, 1.82) is 0 Å². The van der Waals surface area contributed by atoms with E-state index in [0.29, 0.717) is 37.0 Å². The van der Waals surface area contributed by atoms with E-state index in [1.165, 1.54) is 31.2 Å². The fourth-order valence-electron chi connectivity index (χ4n) is 5.12. The van der Waals surface area contributed by atoms with Gasteiger partial charge in [0.2, 0.25) is 5.91 Å². The summed E-state index contributed by atoms with van der Waals surface area (Å²) in [5.74, 6) is 3.83. The first-order valence-corrected chi connectivity index (χ1v) is 11.9. The lowest BCUT2D eigenvalue weighted by Gasteiger charge is -2.38. The molecule has 1 heterocycles. The third kappa shape index (κ3) is 5.37. The molecule has 1 atom stereocenters. The number of rotatable bonds is 9. The molecule has 6 heteroatoms. The fraction of sp³-hybridized carbons (Fsp3) is 0.519. The third-order valence-electron chi connectivity index (χ3n) is 7.03. The molecule has 1 amide bonds. The third-order valence-corrected chi connectivity index (χ3v) is 7.03. The molecule has 0 spiro atoms. The van der Waals surface area contributed by atoms with E-state index in [-0.39, 0.29) is 11.9 Å². The molecule has 0 unspecified atom stereocenters. The normalized spacial score (nSPS) is 18.0. The minimum Gasteiger partial charge on any atom is -0.497 e. The Labute approximate surface area is 196 Å². The molecule has 33 heavy (non-hydrogen) atoms. The molecule has 0 radical (unpaired) electrons. The molecule has 6 nitrogen and oxygen atoms in total.